The van der Waals surface area contributed by atoms with E-state index in [4.69, 9.17) is 20.9 Å². The van der Waals surface area contributed by atoms with Crippen molar-refractivity contribution >= 4 is 12.2 Å². The van der Waals surface area contributed by atoms with Gasteiger partial charge in [-0.15, -0.1) is 0 Å². The molecule has 0 aliphatic carbocycles. The Labute approximate surface area is 166 Å². The maximum atomic E-state index is 11.5. The molecular weight excluding hydrogens is 368 g/mol. The minimum atomic E-state index is -0.637. The van der Waals surface area contributed by atoms with Gasteiger partial charge in [0.15, 0.2) is 0 Å². The van der Waals surface area contributed by atoms with Crippen LogP contribution in [0.2, 0.25) is 0 Å². The van der Waals surface area contributed by atoms with Crippen molar-refractivity contribution < 1.29 is 29.3 Å². The lowest BCUT2D eigenvalue weighted by atomic mass is 10.2. The van der Waals surface area contributed by atoms with Crippen molar-refractivity contribution in [2.24, 2.45) is 11.5 Å². The maximum absolute atomic E-state index is 11.5. The van der Waals surface area contributed by atoms with E-state index >= 15 is 0 Å². The SMILES string of the molecule is CC(C)(C)OC(=O)N1C[C@@H](N)[C@@H](O)C1.CC(C)(C)OC(=O)N1C[C@@H](O)[C@@H](N)C1. The number of carbonyl (C=O) groups excluding carboxylic acids is 2. The summed E-state index contributed by atoms with van der Waals surface area (Å²) in [4.78, 5) is 25.8. The van der Waals surface area contributed by atoms with E-state index in [2.05, 4.69) is 0 Å². The molecule has 10 heteroatoms. The molecule has 0 radical (unpaired) electrons. The molecule has 28 heavy (non-hydrogen) atoms. The molecule has 2 aliphatic heterocycles. The highest BCUT2D eigenvalue weighted by molar-refractivity contribution is 5.69. The minimum Gasteiger partial charge on any atom is -0.444 e. The molecule has 0 saturated carbocycles. The van der Waals surface area contributed by atoms with Crippen LogP contribution >= 0.6 is 0 Å². The summed E-state index contributed by atoms with van der Waals surface area (Å²) in [5.74, 6) is 0. The summed E-state index contributed by atoms with van der Waals surface area (Å²) in [6.45, 7) is 12.1. The number of aliphatic hydroxyl groups excluding tert-OH is 2. The van der Waals surface area contributed by atoms with E-state index in [1.165, 1.54) is 9.80 Å². The van der Waals surface area contributed by atoms with Crippen LogP contribution in [0.1, 0.15) is 41.5 Å². The van der Waals surface area contributed by atoms with E-state index in [0.29, 0.717) is 13.1 Å². The van der Waals surface area contributed by atoms with Crippen LogP contribution in [0.4, 0.5) is 9.59 Å². The van der Waals surface area contributed by atoms with E-state index in [-0.39, 0.29) is 25.2 Å². The fourth-order valence-electron chi connectivity index (χ4n) is 2.57. The number of amides is 2. The van der Waals surface area contributed by atoms with Gasteiger partial charge in [-0.2, -0.15) is 0 Å². The van der Waals surface area contributed by atoms with Crippen molar-refractivity contribution in [2.75, 3.05) is 26.2 Å². The van der Waals surface area contributed by atoms with Crippen LogP contribution in [0.3, 0.4) is 0 Å². The number of likely N-dealkylation sites (tertiary alicyclic amines) is 2. The van der Waals surface area contributed by atoms with Crippen molar-refractivity contribution in [2.45, 2.75) is 77.0 Å². The molecule has 0 aromatic rings. The van der Waals surface area contributed by atoms with Gasteiger partial charge in [-0.05, 0) is 41.5 Å². The van der Waals surface area contributed by atoms with Gasteiger partial charge >= 0.3 is 12.2 Å². The standard InChI is InChI=1S/2C9H18N2O3/c2*1-9(2,3)14-8(13)11-4-6(10)7(12)5-11/h2*6-7,12H,4-5,10H2,1-3H3/t2*6-,7+/m10/s1. The van der Waals surface area contributed by atoms with Crippen molar-refractivity contribution in [3.8, 4) is 0 Å². The molecule has 164 valence electrons. The third kappa shape index (κ3) is 8.17. The molecule has 10 nitrogen and oxygen atoms in total. The predicted molar refractivity (Wildman–Crippen MR) is 104 cm³/mol. The smallest absolute Gasteiger partial charge is 0.410 e. The number of hydrogen-bond acceptors (Lipinski definition) is 8. The Hall–Kier alpha value is -1.62. The quantitative estimate of drug-likeness (QED) is 0.435. The van der Waals surface area contributed by atoms with Gasteiger partial charge < -0.3 is 41.0 Å². The van der Waals surface area contributed by atoms with Crippen LogP contribution in [0.15, 0.2) is 0 Å². The summed E-state index contributed by atoms with van der Waals surface area (Å²) in [5, 5.41) is 18.7. The van der Waals surface area contributed by atoms with Crippen LogP contribution in [0, 0.1) is 0 Å². The van der Waals surface area contributed by atoms with Gasteiger partial charge in [-0.1, -0.05) is 0 Å². The van der Waals surface area contributed by atoms with Crippen LogP contribution in [0.25, 0.3) is 0 Å². The lowest BCUT2D eigenvalue weighted by molar-refractivity contribution is 0.0261. The molecule has 6 N–H and O–H groups in total. The second-order valence-electron chi connectivity index (χ2n) is 9.23. The van der Waals surface area contributed by atoms with E-state index in [0.717, 1.165) is 0 Å². The zero-order valence-electron chi connectivity index (χ0n) is 17.7. The average molecular weight is 405 g/mol. The van der Waals surface area contributed by atoms with Crippen LogP contribution < -0.4 is 11.5 Å². The number of hydrogen-bond donors (Lipinski definition) is 4. The largest absolute Gasteiger partial charge is 0.444 e. The molecule has 2 aliphatic rings. The number of nitrogens with two attached hydrogens (primary N) is 2. The van der Waals surface area contributed by atoms with E-state index in [9.17, 15) is 19.8 Å². The van der Waals surface area contributed by atoms with Crippen LogP contribution in [-0.2, 0) is 9.47 Å². The summed E-state index contributed by atoms with van der Waals surface area (Å²) < 4.78 is 10.3. The van der Waals surface area contributed by atoms with Gasteiger partial charge in [-0.25, -0.2) is 9.59 Å². The first-order valence-corrected chi connectivity index (χ1v) is 9.42. The van der Waals surface area contributed by atoms with Gasteiger partial charge in [0.25, 0.3) is 0 Å². The molecule has 0 unspecified atom stereocenters. The summed E-state index contributed by atoms with van der Waals surface area (Å²) in [6, 6.07) is -0.718. The first kappa shape index (κ1) is 24.4. The Morgan fingerprint density at radius 1 is 0.750 bits per heavy atom. The van der Waals surface area contributed by atoms with Gasteiger partial charge in [0, 0.05) is 13.1 Å². The Kier molecular flexibility index (Phi) is 8.07. The highest BCUT2D eigenvalue weighted by atomic mass is 16.6. The number of β-amino-alcohol motifs (C(OH)–C–C–N with tert-alkyl or cyclic N) is 2. The first-order chi connectivity index (χ1) is 12.6. The van der Waals surface area contributed by atoms with Gasteiger partial charge in [0.1, 0.15) is 11.2 Å². The molecule has 2 saturated heterocycles. The topological polar surface area (TPSA) is 152 Å². The fraction of sp³-hybridized carbons (Fsp3) is 0.889. The summed E-state index contributed by atoms with van der Waals surface area (Å²) in [5.41, 5.74) is 10.1. The molecule has 2 heterocycles. The van der Waals surface area contributed by atoms with Gasteiger partial charge in [0.2, 0.25) is 0 Å². The van der Waals surface area contributed by atoms with E-state index < -0.39 is 35.6 Å². The molecule has 4 atom stereocenters. The Morgan fingerprint density at radius 2 is 1.04 bits per heavy atom. The van der Waals surface area contributed by atoms with Gasteiger partial charge in [0.05, 0.1) is 37.4 Å². The molecule has 2 fully saturated rings. The highest BCUT2D eigenvalue weighted by Gasteiger charge is 2.34. The third-order valence-corrected chi connectivity index (χ3v) is 3.97. The number of rotatable bonds is 0. The molecule has 0 aromatic carbocycles. The Balaban J connectivity index is 0.000000280. The number of aliphatic hydroxyl groups is 2. The van der Waals surface area contributed by atoms with Crippen LogP contribution in [0.5, 0.6) is 0 Å². The Bertz CT molecular complexity index is 477. The first-order valence-electron chi connectivity index (χ1n) is 9.42. The van der Waals surface area contributed by atoms with Crippen molar-refractivity contribution in [3.63, 3.8) is 0 Å². The normalized spacial score (nSPS) is 27.9. The van der Waals surface area contributed by atoms with E-state index in [1.807, 2.05) is 0 Å². The average Bonchev–Trinajstić information content (AvgIpc) is 3.00. The number of nitrogens with zero attached hydrogens (tertiary/aromatic N) is 2. The zero-order valence-corrected chi connectivity index (χ0v) is 17.7. The second-order valence-corrected chi connectivity index (χ2v) is 9.23. The minimum absolute atomic E-state index is 0.260. The highest BCUT2D eigenvalue weighted by Crippen LogP contribution is 2.15. The monoisotopic (exact) mass is 404 g/mol. The molecule has 2 rings (SSSR count). The zero-order chi connectivity index (χ0) is 21.9. The molecule has 0 bridgehead atoms. The van der Waals surface area contributed by atoms with Crippen molar-refractivity contribution in [1.29, 1.82) is 0 Å². The maximum Gasteiger partial charge on any atom is 0.410 e. The third-order valence-electron chi connectivity index (χ3n) is 3.97. The lowest BCUT2D eigenvalue weighted by Gasteiger charge is -2.24. The molecule has 2 amide bonds. The molecule has 0 spiro atoms. The van der Waals surface area contributed by atoms with E-state index in [1.54, 1.807) is 41.5 Å². The lowest BCUT2D eigenvalue weighted by Crippen LogP contribution is -2.36. The Morgan fingerprint density at radius 3 is 1.21 bits per heavy atom. The summed E-state index contributed by atoms with van der Waals surface area (Å²) in [6.07, 6.45) is -2.10. The van der Waals surface area contributed by atoms with Crippen molar-refractivity contribution in [3.05, 3.63) is 0 Å². The molecule has 0 aromatic heterocycles. The predicted octanol–water partition coefficient (Wildman–Crippen LogP) is -0.149. The fourth-order valence-corrected chi connectivity index (χ4v) is 2.57. The number of carbonyl (C=O) groups is 2. The summed E-state index contributed by atoms with van der Waals surface area (Å²) in [7, 11) is 0. The second kappa shape index (κ2) is 9.25. The van der Waals surface area contributed by atoms with Crippen molar-refractivity contribution in [1.82, 2.24) is 9.80 Å². The number of ether oxygens (including phenoxy) is 2. The van der Waals surface area contributed by atoms with Crippen LogP contribution in [-0.4, -0.2) is 93.9 Å². The molecular formula is C18H36N4O6. The van der Waals surface area contributed by atoms with Gasteiger partial charge in [-0.3, -0.25) is 0 Å². The summed E-state index contributed by atoms with van der Waals surface area (Å²) >= 11 is 0.